The minimum atomic E-state index is -0.626. The molecule has 28 heavy (non-hydrogen) atoms. The molecule has 2 aromatic heterocycles. The Morgan fingerprint density at radius 2 is 1.64 bits per heavy atom. The molecule has 8 heteroatoms. The zero-order valence-corrected chi connectivity index (χ0v) is 15.8. The number of nitrogens with zero attached hydrogens (tertiary/aromatic N) is 2. The second-order valence-electron chi connectivity index (χ2n) is 7.43. The average Bonchev–Trinajstić information content (AvgIpc) is 2.69. The van der Waals surface area contributed by atoms with E-state index in [1.54, 1.807) is 36.7 Å². The maximum Gasteiger partial charge on any atom is 0.253 e. The number of rotatable bonds is 6. The Kier molecular flexibility index (Phi) is 5.21. The number of carbonyl (C=O) groups excluding carboxylic acids is 1. The van der Waals surface area contributed by atoms with E-state index < -0.39 is 22.4 Å². The fourth-order valence-electron chi connectivity index (χ4n) is 2.56. The first-order valence-electron chi connectivity index (χ1n) is 8.75. The molecule has 0 aliphatic heterocycles. The van der Waals surface area contributed by atoms with Crippen molar-refractivity contribution in [1.82, 2.24) is 15.3 Å². The molecule has 2 heterocycles. The Balaban J connectivity index is 1.83. The highest BCUT2D eigenvalue weighted by atomic mass is 16.2. The summed E-state index contributed by atoms with van der Waals surface area (Å²) in [6.45, 7) is 5.74. The minimum Gasteiger partial charge on any atom is -0.360 e. The highest BCUT2D eigenvalue weighted by Gasteiger charge is 2.31. The van der Waals surface area contributed by atoms with Crippen molar-refractivity contribution in [3.63, 3.8) is 0 Å². The topological polar surface area (TPSA) is 113 Å². The first-order valence-corrected chi connectivity index (χ1v) is 8.75. The molecule has 3 aromatic rings. The van der Waals surface area contributed by atoms with Crippen LogP contribution in [0.2, 0.25) is 0 Å². The van der Waals surface area contributed by atoms with Crippen molar-refractivity contribution in [2.75, 3.05) is 10.6 Å². The van der Waals surface area contributed by atoms with E-state index in [4.69, 9.17) is 0 Å². The van der Waals surface area contributed by atoms with Gasteiger partial charge in [-0.05, 0) is 24.3 Å². The van der Waals surface area contributed by atoms with E-state index in [2.05, 4.69) is 25.9 Å². The fraction of sp³-hybridized carbons (Fsp3) is 0.250. The van der Waals surface area contributed by atoms with Crippen LogP contribution in [0.5, 0.6) is 0 Å². The molecular weight excluding hydrogens is 358 g/mol. The summed E-state index contributed by atoms with van der Waals surface area (Å²) in [5.41, 5.74) is -0.336. The molecule has 8 nitrogen and oxygen atoms in total. The normalized spacial score (nSPS) is 12.4. The molecule has 0 aliphatic rings. The van der Waals surface area contributed by atoms with Crippen molar-refractivity contribution in [3.8, 4) is 0 Å². The van der Waals surface area contributed by atoms with Gasteiger partial charge >= 0.3 is 0 Å². The maximum atomic E-state index is 12.5. The molecule has 1 unspecified atom stereocenters. The lowest BCUT2D eigenvalue weighted by atomic mass is 9.91. The number of hydrogen-bond donors (Lipinski definition) is 3. The van der Waals surface area contributed by atoms with Crippen LogP contribution in [-0.4, -0.2) is 22.0 Å². The number of amides is 1. The molecule has 0 fully saturated rings. The molecule has 0 spiro atoms. The van der Waals surface area contributed by atoms with Gasteiger partial charge in [0.05, 0.1) is 11.9 Å². The first kappa shape index (κ1) is 19.2. The molecule has 0 saturated carbocycles. The molecule has 1 atom stereocenters. The van der Waals surface area contributed by atoms with Crippen molar-refractivity contribution in [2.24, 2.45) is 5.41 Å². The van der Waals surface area contributed by atoms with E-state index in [0.717, 1.165) is 0 Å². The van der Waals surface area contributed by atoms with Crippen molar-refractivity contribution in [2.45, 2.75) is 26.9 Å². The van der Waals surface area contributed by atoms with E-state index in [1.807, 2.05) is 20.8 Å². The van der Waals surface area contributed by atoms with Crippen LogP contribution in [0, 0.1) is 5.41 Å². The van der Waals surface area contributed by atoms with Crippen LogP contribution in [0.4, 0.5) is 17.1 Å². The van der Waals surface area contributed by atoms with Crippen LogP contribution in [0.25, 0.3) is 0 Å². The maximum absolute atomic E-state index is 12.5. The van der Waals surface area contributed by atoms with Gasteiger partial charge < -0.3 is 16.0 Å². The van der Waals surface area contributed by atoms with Crippen LogP contribution in [0.3, 0.4) is 0 Å². The van der Waals surface area contributed by atoms with Gasteiger partial charge in [-0.1, -0.05) is 20.8 Å². The predicted octanol–water partition coefficient (Wildman–Crippen LogP) is 2.03. The summed E-state index contributed by atoms with van der Waals surface area (Å²) in [4.78, 5) is 44.6. The number of pyridine rings is 2. The number of hydrogen-bond acceptors (Lipinski definition) is 7. The average molecular weight is 379 g/mol. The summed E-state index contributed by atoms with van der Waals surface area (Å²) >= 11 is 0. The monoisotopic (exact) mass is 379 g/mol. The lowest BCUT2D eigenvalue weighted by Crippen LogP contribution is -2.51. The summed E-state index contributed by atoms with van der Waals surface area (Å²) in [5.74, 6) is -0.310. The Morgan fingerprint density at radius 3 is 2.25 bits per heavy atom. The van der Waals surface area contributed by atoms with Crippen molar-refractivity contribution in [3.05, 3.63) is 75.1 Å². The standard InChI is InChI=1S/C20H21N5O3/c1-20(2,3)19(25-18(28)12-6-9-21-10-7-12)24-15-14(16(26)17(15)27)23-13-5-4-8-22-11-13/h4-11,19,23-24H,1-3H3,(H,25,28). The smallest absolute Gasteiger partial charge is 0.253 e. The van der Waals surface area contributed by atoms with Crippen LogP contribution in [-0.2, 0) is 0 Å². The first-order chi connectivity index (χ1) is 13.3. The van der Waals surface area contributed by atoms with Crippen LogP contribution >= 0.6 is 0 Å². The van der Waals surface area contributed by atoms with E-state index in [9.17, 15) is 14.4 Å². The van der Waals surface area contributed by atoms with Gasteiger partial charge in [0, 0.05) is 29.6 Å². The van der Waals surface area contributed by atoms with E-state index in [-0.39, 0.29) is 17.3 Å². The highest BCUT2D eigenvalue weighted by Crippen LogP contribution is 2.25. The van der Waals surface area contributed by atoms with Gasteiger partial charge in [-0.3, -0.25) is 24.4 Å². The lowest BCUT2D eigenvalue weighted by Gasteiger charge is -2.33. The molecule has 1 amide bonds. The lowest BCUT2D eigenvalue weighted by molar-refractivity contribution is 0.0913. The fourth-order valence-corrected chi connectivity index (χ4v) is 2.56. The second-order valence-corrected chi connectivity index (χ2v) is 7.43. The third-order valence-corrected chi connectivity index (χ3v) is 4.21. The summed E-state index contributed by atoms with van der Waals surface area (Å²) < 4.78 is 0. The summed E-state index contributed by atoms with van der Waals surface area (Å²) in [7, 11) is 0. The number of aromatic nitrogens is 2. The molecule has 0 radical (unpaired) electrons. The largest absolute Gasteiger partial charge is 0.360 e. The molecular formula is C20H21N5O3. The number of carbonyl (C=O) groups is 1. The van der Waals surface area contributed by atoms with Crippen LogP contribution in [0.15, 0.2) is 58.6 Å². The molecule has 3 N–H and O–H groups in total. The van der Waals surface area contributed by atoms with Crippen LogP contribution < -0.4 is 26.8 Å². The highest BCUT2D eigenvalue weighted by molar-refractivity contribution is 5.94. The third-order valence-electron chi connectivity index (χ3n) is 4.21. The van der Waals surface area contributed by atoms with Crippen molar-refractivity contribution >= 4 is 23.0 Å². The molecule has 1 aromatic carbocycles. The van der Waals surface area contributed by atoms with E-state index in [0.29, 0.717) is 11.3 Å². The Bertz CT molecular complexity index is 1040. The Hall–Kier alpha value is -3.55. The van der Waals surface area contributed by atoms with E-state index >= 15 is 0 Å². The second kappa shape index (κ2) is 7.59. The molecule has 0 aliphatic carbocycles. The van der Waals surface area contributed by atoms with Crippen molar-refractivity contribution < 1.29 is 4.79 Å². The van der Waals surface area contributed by atoms with Gasteiger partial charge in [-0.25, -0.2) is 0 Å². The van der Waals surface area contributed by atoms with Gasteiger partial charge in [0.2, 0.25) is 0 Å². The Morgan fingerprint density at radius 1 is 0.964 bits per heavy atom. The molecule has 3 rings (SSSR count). The van der Waals surface area contributed by atoms with Gasteiger partial charge in [-0.15, -0.1) is 0 Å². The zero-order chi connectivity index (χ0) is 20.3. The number of nitrogens with one attached hydrogen (secondary N) is 3. The zero-order valence-electron chi connectivity index (χ0n) is 15.8. The quantitative estimate of drug-likeness (QED) is 0.444. The summed E-state index contributed by atoms with van der Waals surface area (Å²) in [6, 6.07) is 6.65. The van der Waals surface area contributed by atoms with E-state index in [1.165, 1.54) is 12.4 Å². The van der Waals surface area contributed by atoms with Gasteiger partial charge in [-0.2, -0.15) is 0 Å². The SMILES string of the molecule is CC(C)(C)C(NC(=O)c1ccncc1)Nc1c(Nc2cccnc2)c(=O)c1=O. The van der Waals surface area contributed by atoms with Crippen LogP contribution in [0.1, 0.15) is 31.1 Å². The third kappa shape index (κ3) is 4.06. The predicted molar refractivity (Wildman–Crippen MR) is 107 cm³/mol. The number of anilines is 3. The molecule has 0 bridgehead atoms. The summed E-state index contributed by atoms with van der Waals surface area (Å²) in [5, 5.41) is 8.81. The Labute approximate surface area is 161 Å². The van der Waals surface area contributed by atoms with Gasteiger partial charge in [0.15, 0.2) is 0 Å². The van der Waals surface area contributed by atoms with Crippen molar-refractivity contribution in [1.29, 1.82) is 0 Å². The van der Waals surface area contributed by atoms with Gasteiger partial charge in [0.25, 0.3) is 16.8 Å². The molecule has 144 valence electrons. The minimum absolute atomic E-state index is 0.142. The van der Waals surface area contributed by atoms with Gasteiger partial charge in [0.1, 0.15) is 17.5 Å². The summed E-state index contributed by atoms with van der Waals surface area (Å²) in [6.07, 6.45) is 5.62. The molecule has 0 saturated heterocycles.